The van der Waals surface area contributed by atoms with Gasteiger partial charge in [-0.15, -0.1) is 0 Å². The summed E-state index contributed by atoms with van der Waals surface area (Å²) in [6.07, 6.45) is 1.79. The Bertz CT molecular complexity index is 982. The van der Waals surface area contributed by atoms with Crippen LogP contribution >= 0.6 is 23.4 Å². The quantitative estimate of drug-likeness (QED) is 0.469. The van der Waals surface area contributed by atoms with E-state index in [1.807, 2.05) is 0 Å². The number of aromatic nitrogens is 2. The monoisotopic (exact) mass is 452 g/mol. The molecule has 1 aliphatic rings. The van der Waals surface area contributed by atoms with Gasteiger partial charge in [-0.1, -0.05) is 30.3 Å². The van der Waals surface area contributed by atoms with E-state index in [0.29, 0.717) is 33.9 Å². The number of hydrogen-bond acceptors (Lipinski definition) is 7. The van der Waals surface area contributed by atoms with Gasteiger partial charge in [0.15, 0.2) is 5.16 Å². The van der Waals surface area contributed by atoms with Gasteiger partial charge in [0.05, 0.1) is 41.9 Å². The highest BCUT2D eigenvalue weighted by atomic mass is 35.5. The number of aromatic amines is 1. The fourth-order valence-electron chi connectivity index (χ4n) is 3.31. The average molecular weight is 453 g/mol. The standard InChI is InChI=1S/C20H25ClN4O4S/c1-4-6-25-7-5-14-12(10-25)19(27)24-20(23-14)30-11-18(26)22-15-8-13(21)16(28-2)9-17(15)29-3/h8-9H,4-7,10-11H2,1-3H3,(H,22,26)(H,23,24,27). The van der Waals surface area contributed by atoms with Crippen LogP contribution in [0.3, 0.4) is 0 Å². The number of nitrogens with zero attached hydrogens (tertiary/aromatic N) is 2. The molecule has 8 nitrogen and oxygen atoms in total. The third-order valence-corrected chi connectivity index (χ3v) is 5.92. The van der Waals surface area contributed by atoms with Crippen molar-refractivity contribution in [2.45, 2.75) is 31.5 Å². The van der Waals surface area contributed by atoms with Crippen LogP contribution in [0.1, 0.15) is 24.6 Å². The Labute approximate surface area is 184 Å². The number of methoxy groups -OCH3 is 2. The number of carbonyl (C=O) groups excluding carboxylic acids is 1. The van der Waals surface area contributed by atoms with Gasteiger partial charge >= 0.3 is 0 Å². The number of ether oxygens (including phenoxy) is 2. The van der Waals surface area contributed by atoms with E-state index in [-0.39, 0.29) is 17.2 Å². The molecule has 2 N–H and O–H groups in total. The summed E-state index contributed by atoms with van der Waals surface area (Å²) >= 11 is 7.32. The number of thioether (sulfide) groups is 1. The highest BCUT2D eigenvalue weighted by Crippen LogP contribution is 2.36. The van der Waals surface area contributed by atoms with E-state index in [4.69, 9.17) is 21.1 Å². The first-order chi connectivity index (χ1) is 14.4. The number of H-pyrrole nitrogens is 1. The number of benzene rings is 1. The van der Waals surface area contributed by atoms with Gasteiger partial charge < -0.3 is 19.8 Å². The van der Waals surface area contributed by atoms with Gasteiger partial charge in [0.25, 0.3) is 5.56 Å². The van der Waals surface area contributed by atoms with Crippen LogP contribution in [0.4, 0.5) is 5.69 Å². The number of nitrogens with one attached hydrogen (secondary N) is 2. The van der Waals surface area contributed by atoms with Crippen molar-refractivity contribution in [1.29, 1.82) is 0 Å². The molecule has 0 saturated heterocycles. The Balaban J connectivity index is 1.65. The van der Waals surface area contributed by atoms with E-state index in [0.717, 1.165) is 37.2 Å². The first-order valence-electron chi connectivity index (χ1n) is 9.63. The van der Waals surface area contributed by atoms with E-state index < -0.39 is 0 Å². The lowest BCUT2D eigenvalue weighted by Gasteiger charge is -2.27. The van der Waals surface area contributed by atoms with Crippen molar-refractivity contribution in [2.24, 2.45) is 0 Å². The highest BCUT2D eigenvalue weighted by molar-refractivity contribution is 7.99. The minimum atomic E-state index is -0.269. The van der Waals surface area contributed by atoms with Gasteiger partial charge in [-0.25, -0.2) is 4.98 Å². The van der Waals surface area contributed by atoms with Crippen LogP contribution in [-0.2, 0) is 17.8 Å². The van der Waals surface area contributed by atoms with E-state index in [1.54, 1.807) is 12.1 Å². The Morgan fingerprint density at radius 1 is 1.33 bits per heavy atom. The Morgan fingerprint density at radius 2 is 2.10 bits per heavy atom. The summed E-state index contributed by atoms with van der Waals surface area (Å²) in [5, 5.41) is 3.57. The van der Waals surface area contributed by atoms with Crippen molar-refractivity contribution in [3.05, 3.63) is 38.8 Å². The number of fused-ring (bicyclic) bond motifs is 1. The van der Waals surface area contributed by atoms with Gasteiger partial charge in [-0.05, 0) is 19.0 Å². The minimum absolute atomic E-state index is 0.0799. The van der Waals surface area contributed by atoms with E-state index >= 15 is 0 Å². The summed E-state index contributed by atoms with van der Waals surface area (Å²) < 4.78 is 10.4. The zero-order chi connectivity index (χ0) is 21.7. The molecule has 0 bridgehead atoms. The van der Waals surface area contributed by atoms with Crippen molar-refractivity contribution in [3.63, 3.8) is 0 Å². The maximum Gasteiger partial charge on any atom is 0.256 e. The van der Waals surface area contributed by atoms with E-state index in [1.165, 1.54) is 26.0 Å². The molecule has 0 radical (unpaired) electrons. The van der Waals surface area contributed by atoms with Crippen molar-refractivity contribution < 1.29 is 14.3 Å². The lowest BCUT2D eigenvalue weighted by molar-refractivity contribution is -0.113. The molecule has 10 heteroatoms. The molecule has 0 aliphatic carbocycles. The van der Waals surface area contributed by atoms with Crippen LogP contribution in [0.5, 0.6) is 11.5 Å². The average Bonchev–Trinajstić information content (AvgIpc) is 2.73. The van der Waals surface area contributed by atoms with Crippen LogP contribution in [0, 0.1) is 0 Å². The summed E-state index contributed by atoms with van der Waals surface area (Å²) in [4.78, 5) is 34.5. The van der Waals surface area contributed by atoms with Gasteiger partial charge in [0.1, 0.15) is 11.5 Å². The Morgan fingerprint density at radius 3 is 2.80 bits per heavy atom. The third kappa shape index (κ3) is 5.27. The highest BCUT2D eigenvalue weighted by Gasteiger charge is 2.21. The number of rotatable bonds is 8. The summed E-state index contributed by atoms with van der Waals surface area (Å²) in [5.41, 5.74) is 1.85. The van der Waals surface area contributed by atoms with Gasteiger partial charge in [-0.2, -0.15) is 0 Å². The molecule has 1 aromatic heterocycles. The number of anilines is 1. The zero-order valence-corrected chi connectivity index (χ0v) is 18.8. The van der Waals surface area contributed by atoms with Crippen LogP contribution in [0.25, 0.3) is 0 Å². The second-order valence-electron chi connectivity index (χ2n) is 6.85. The smallest absolute Gasteiger partial charge is 0.256 e. The molecule has 0 spiro atoms. The van der Waals surface area contributed by atoms with Gasteiger partial charge in [0.2, 0.25) is 5.91 Å². The second kappa shape index (κ2) is 10.2. The molecule has 0 fully saturated rings. The second-order valence-corrected chi connectivity index (χ2v) is 8.22. The lowest BCUT2D eigenvalue weighted by Crippen LogP contribution is -2.36. The van der Waals surface area contributed by atoms with Gasteiger partial charge in [0, 0.05) is 25.6 Å². The fraction of sp³-hybridized carbons (Fsp3) is 0.450. The maximum absolute atomic E-state index is 12.5. The molecule has 0 saturated carbocycles. The molecule has 2 aromatic rings. The zero-order valence-electron chi connectivity index (χ0n) is 17.2. The molecular formula is C20H25ClN4O4S. The molecule has 30 heavy (non-hydrogen) atoms. The Hall–Kier alpha value is -2.23. The largest absolute Gasteiger partial charge is 0.495 e. The van der Waals surface area contributed by atoms with Crippen LogP contribution in [0.2, 0.25) is 5.02 Å². The Kier molecular flexibility index (Phi) is 7.63. The molecular weight excluding hydrogens is 428 g/mol. The molecule has 3 rings (SSSR count). The number of halogens is 1. The minimum Gasteiger partial charge on any atom is -0.495 e. The van der Waals surface area contributed by atoms with Gasteiger partial charge in [-0.3, -0.25) is 14.5 Å². The van der Waals surface area contributed by atoms with Crippen LogP contribution in [0.15, 0.2) is 22.1 Å². The summed E-state index contributed by atoms with van der Waals surface area (Å²) in [7, 11) is 3.00. The predicted octanol–water partition coefficient (Wildman–Crippen LogP) is 2.94. The first kappa shape index (κ1) is 22.5. The summed E-state index contributed by atoms with van der Waals surface area (Å²) in [6, 6.07) is 3.18. The molecule has 2 heterocycles. The topological polar surface area (TPSA) is 96.6 Å². The number of carbonyl (C=O) groups is 1. The summed E-state index contributed by atoms with van der Waals surface area (Å²) in [6.45, 7) is 4.60. The number of hydrogen-bond donors (Lipinski definition) is 2. The third-order valence-electron chi connectivity index (χ3n) is 4.75. The van der Waals surface area contributed by atoms with Crippen molar-refractivity contribution >= 4 is 35.0 Å². The number of amides is 1. The molecule has 162 valence electrons. The SMILES string of the molecule is CCCN1CCc2nc(SCC(=O)Nc3cc(Cl)c(OC)cc3OC)[nH]c(=O)c2C1. The fourth-order valence-corrected chi connectivity index (χ4v) is 4.23. The molecule has 1 aliphatic heterocycles. The molecule has 1 aromatic carbocycles. The van der Waals surface area contributed by atoms with E-state index in [2.05, 4.69) is 27.1 Å². The van der Waals surface area contributed by atoms with Crippen LogP contribution < -0.4 is 20.3 Å². The summed E-state index contributed by atoms with van der Waals surface area (Å²) in [5.74, 6) is 0.700. The molecule has 0 atom stereocenters. The molecule has 0 unspecified atom stereocenters. The van der Waals surface area contributed by atoms with E-state index in [9.17, 15) is 9.59 Å². The lowest BCUT2D eigenvalue weighted by atomic mass is 10.1. The molecule has 1 amide bonds. The first-order valence-corrected chi connectivity index (χ1v) is 11.0. The predicted molar refractivity (Wildman–Crippen MR) is 118 cm³/mol. The van der Waals surface area contributed by atoms with Crippen molar-refractivity contribution in [2.75, 3.05) is 38.4 Å². The van der Waals surface area contributed by atoms with Crippen molar-refractivity contribution in [3.8, 4) is 11.5 Å². The normalized spacial score (nSPS) is 13.6. The van der Waals surface area contributed by atoms with Crippen LogP contribution in [-0.4, -0.2) is 53.8 Å². The maximum atomic E-state index is 12.5. The van der Waals surface area contributed by atoms with Crippen molar-refractivity contribution in [1.82, 2.24) is 14.9 Å².